The second-order valence-electron chi connectivity index (χ2n) is 6.53. The number of nitrogens with one attached hydrogen (secondary N) is 1. The molecule has 1 heterocycles. The number of rotatable bonds is 4. The second kappa shape index (κ2) is 7.48. The van der Waals surface area contributed by atoms with Gasteiger partial charge in [0.15, 0.2) is 0 Å². The van der Waals surface area contributed by atoms with Crippen LogP contribution in [0.3, 0.4) is 0 Å². The van der Waals surface area contributed by atoms with Gasteiger partial charge >= 0.3 is 0 Å². The van der Waals surface area contributed by atoms with Crippen molar-refractivity contribution in [2.24, 2.45) is 0 Å². The smallest absolute Gasteiger partial charge is 0.255 e. The molecule has 1 N–H and O–H groups in total. The summed E-state index contributed by atoms with van der Waals surface area (Å²) in [5.41, 5.74) is 0.108. The number of carbonyl (C=O) groups excluding carboxylic acids is 2. The average Bonchev–Trinajstić information content (AvgIpc) is 3.41. The van der Waals surface area contributed by atoms with Gasteiger partial charge in [0, 0.05) is 32.2 Å². The highest BCUT2D eigenvalue weighted by Gasteiger charge is 2.31. The lowest BCUT2D eigenvalue weighted by Crippen LogP contribution is -2.55. The third-order valence-corrected chi connectivity index (χ3v) is 5.30. The Morgan fingerprint density at radius 2 is 1.80 bits per heavy atom. The summed E-state index contributed by atoms with van der Waals surface area (Å²) in [6, 6.07) is 2.42. The van der Waals surface area contributed by atoms with Gasteiger partial charge in [0.05, 0.1) is 21.7 Å². The van der Waals surface area contributed by atoms with Crippen molar-refractivity contribution in [2.45, 2.75) is 31.8 Å². The van der Waals surface area contributed by atoms with E-state index in [1.54, 1.807) is 4.90 Å². The van der Waals surface area contributed by atoms with E-state index in [1.807, 2.05) is 11.8 Å². The Morgan fingerprint density at radius 3 is 2.40 bits per heavy atom. The Kier molecular flexibility index (Phi) is 5.51. The van der Waals surface area contributed by atoms with Crippen molar-refractivity contribution in [1.82, 2.24) is 15.1 Å². The lowest BCUT2D eigenvalue weighted by molar-refractivity contribution is -0.126. The first kappa shape index (κ1) is 18.4. The number of carbonyl (C=O) groups is 2. The quantitative estimate of drug-likeness (QED) is 0.807. The van der Waals surface area contributed by atoms with E-state index in [0.717, 1.165) is 18.9 Å². The molecule has 1 aliphatic carbocycles. The van der Waals surface area contributed by atoms with Crippen LogP contribution in [-0.4, -0.2) is 59.9 Å². The van der Waals surface area contributed by atoms with Crippen LogP contribution in [0.15, 0.2) is 12.1 Å². The summed E-state index contributed by atoms with van der Waals surface area (Å²) in [7, 11) is 0. The molecule has 25 heavy (non-hydrogen) atoms. The van der Waals surface area contributed by atoms with Crippen LogP contribution in [0.5, 0.6) is 0 Å². The maximum atomic E-state index is 13.6. The number of piperazine rings is 1. The van der Waals surface area contributed by atoms with Crippen molar-refractivity contribution in [2.75, 3.05) is 26.2 Å². The Hall–Kier alpha value is -1.37. The minimum Gasteiger partial charge on any atom is -0.352 e. The minimum absolute atomic E-state index is 0.0325. The van der Waals surface area contributed by atoms with Gasteiger partial charge in [-0.1, -0.05) is 23.2 Å². The molecule has 136 valence electrons. The Morgan fingerprint density at radius 1 is 1.16 bits per heavy atom. The molecule has 1 aliphatic heterocycles. The third-order valence-electron chi connectivity index (χ3n) is 4.69. The minimum atomic E-state index is -0.668. The standard InChI is InChI=1S/C17H20Cl2FN3O2/c1-10(16(24)21-11-2-3-11)22-4-6-23(7-5-22)17(25)12-8-15(20)14(19)9-13(12)18/h8-11H,2-7H2,1H3,(H,21,24). The van der Waals surface area contributed by atoms with Gasteiger partial charge in [-0.2, -0.15) is 0 Å². The summed E-state index contributed by atoms with van der Waals surface area (Å²) in [4.78, 5) is 28.4. The first-order chi connectivity index (χ1) is 11.9. The molecule has 1 aromatic rings. The van der Waals surface area contributed by atoms with E-state index < -0.39 is 5.82 Å². The van der Waals surface area contributed by atoms with Crippen LogP contribution >= 0.6 is 23.2 Å². The van der Waals surface area contributed by atoms with E-state index in [4.69, 9.17) is 23.2 Å². The van der Waals surface area contributed by atoms with Crippen molar-refractivity contribution >= 4 is 35.0 Å². The zero-order valence-corrected chi connectivity index (χ0v) is 15.4. The molecular weight excluding hydrogens is 368 g/mol. The summed E-state index contributed by atoms with van der Waals surface area (Å²) in [5.74, 6) is -0.959. The predicted molar refractivity (Wildman–Crippen MR) is 94.5 cm³/mol. The van der Waals surface area contributed by atoms with Gasteiger partial charge in [-0.05, 0) is 31.9 Å². The molecule has 2 fully saturated rings. The summed E-state index contributed by atoms with van der Waals surface area (Å²) in [6.45, 7) is 3.96. The van der Waals surface area contributed by atoms with Crippen molar-refractivity contribution in [1.29, 1.82) is 0 Å². The van der Waals surface area contributed by atoms with Gasteiger partial charge in [-0.25, -0.2) is 4.39 Å². The maximum Gasteiger partial charge on any atom is 0.255 e. The molecule has 3 rings (SSSR count). The number of halogens is 3. The fourth-order valence-electron chi connectivity index (χ4n) is 2.88. The van der Waals surface area contributed by atoms with Crippen LogP contribution in [0.2, 0.25) is 10.0 Å². The van der Waals surface area contributed by atoms with Gasteiger partial charge in [-0.15, -0.1) is 0 Å². The van der Waals surface area contributed by atoms with Gasteiger partial charge in [-0.3, -0.25) is 14.5 Å². The molecule has 0 bridgehead atoms. The second-order valence-corrected chi connectivity index (χ2v) is 7.35. The lowest BCUT2D eigenvalue weighted by atomic mass is 10.1. The summed E-state index contributed by atoms with van der Waals surface area (Å²) >= 11 is 11.7. The number of hydrogen-bond acceptors (Lipinski definition) is 3. The summed E-state index contributed by atoms with van der Waals surface area (Å²) in [5, 5.41) is 3.02. The molecular formula is C17H20Cl2FN3O2. The van der Waals surface area contributed by atoms with Crippen LogP contribution in [0, 0.1) is 5.82 Å². The van der Waals surface area contributed by atoms with E-state index in [2.05, 4.69) is 5.32 Å². The molecule has 1 saturated heterocycles. The van der Waals surface area contributed by atoms with Crippen molar-refractivity contribution in [3.63, 3.8) is 0 Å². The molecule has 1 unspecified atom stereocenters. The third kappa shape index (κ3) is 4.25. The molecule has 0 aromatic heterocycles. The highest BCUT2D eigenvalue weighted by atomic mass is 35.5. The fourth-order valence-corrected chi connectivity index (χ4v) is 3.35. The van der Waals surface area contributed by atoms with E-state index in [0.29, 0.717) is 32.2 Å². The van der Waals surface area contributed by atoms with Crippen molar-refractivity contribution in [3.05, 3.63) is 33.6 Å². The van der Waals surface area contributed by atoms with E-state index >= 15 is 0 Å². The van der Waals surface area contributed by atoms with E-state index in [1.165, 1.54) is 6.07 Å². The van der Waals surface area contributed by atoms with Crippen LogP contribution in [0.25, 0.3) is 0 Å². The van der Waals surface area contributed by atoms with Gasteiger partial charge < -0.3 is 10.2 Å². The molecule has 2 amide bonds. The Balaban J connectivity index is 1.59. The van der Waals surface area contributed by atoms with E-state index in [-0.39, 0.29) is 33.5 Å². The molecule has 2 aliphatic rings. The molecule has 0 radical (unpaired) electrons. The molecule has 5 nitrogen and oxygen atoms in total. The average molecular weight is 388 g/mol. The molecule has 8 heteroatoms. The SMILES string of the molecule is CC(C(=O)NC1CC1)N1CCN(C(=O)c2cc(F)c(Cl)cc2Cl)CC1. The zero-order valence-electron chi connectivity index (χ0n) is 13.9. The number of nitrogens with zero attached hydrogens (tertiary/aromatic N) is 2. The first-order valence-corrected chi connectivity index (χ1v) is 9.10. The van der Waals surface area contributed by atoms with Crippen LogP contribution in [-0.2, 0) is 4.79 Å². The van der Waals surface area contributed by atoms with Crippen LogP contribution in [0.1, 0.15) is 30.1 Å². The molecule has 1 atom stereocenters. The summed E-state index contributed by atoms with van der Waals surface area (Å²) < 4.78 is 13.6. The van der Waals surface area contributed by atoms with Gasteiger partial charge in [0.2, 0.25) is 5.91 Å². The van der Waals surface area contributed by atoms with Crippen LogP contribution in [0.4, 0.5) is 4.39 Å². The van der Waals surface area contributed by atoms with Crippen molar-refractivity contribution in [3.8, 4) is 0 Å². The number of benzene rings is 1. The molecule has 1 saturated carbocycles. The van der Waals surface area contributed by atoms with Gasteiger partial charge in [0.25, 0.3) is 5.91 Å². The Bertz CT molecular complexity index is 689. The maximum absolute atomic E-state index is 13.6. The zero-order chi connectivity index (χ0) is 18.1. The highest BCUT2D eigenvalue weighted by molar-refractivity contribution is 6.36. The normalized spacial score (nSPS) is 19.6. The summed E-state index contributed by atoms with van der Waals surface area (Å²) in [6.07, 6.45) is 2.11. The monoisotopic (exact) mass is 387 g/mol. The largest absolute Gasteiger partial charge is 0.352 e. The highest BCUT2D eigenvalue weighted by Crippen LogP contribution is 2.26. The van der Waals surface area contributed by atoms with Gasteiger partial charge in [0.1, 0.15) is 5.82 Å². The van der Waals surface area contributed by atoms with Crippen molar-refractivity contribution < 1.29 is 14.0 Å². The number of amides is 2. The predicted octanol–water partition coefficient (Wildman–Crippen LogP) is 2.56. The first-order valence-electron chi connectivity index (χ1n) is 8.35. The fraction of sp³-hybridized carbons (Fsp3) is 0.529. The van der Waals surface area contributed by atoms with E-state index in [9.17, 15) is 14.0 Å². The number of hydrogen-bond donors (Lipinski definition) is 1. The molecule has 0 spiro atoms. The Labute approximate surface area is 156 Å². The lowest BCUT2D eigenvalue weighted by Gasteiger charge is -2.37. The topological polar surface area (TPSA) is 52.7 Å². The molecule has 1 aromatic carbocycles. The van der Waals surface area contributed by atoms with Crippen LogP contribution < -0.4 is 5.32 Å².